The molecule has 0 saturated heterocycles. The molecule has 1 aliphatic carbocycles. The second-order valence-electron chi connectivity index (χ2n) is 6.40. The van der Waals surface area contributed by atoms with Gasteiger partial charge in [0.1, 0.15) is 11.5 Å². The van der Waals surface area contributed by atoms with Crippen LogP contribution in [0.4, 0.5) is 15.8 Å². The molecule has 138 valence electrons. The summed E-state index contributed by atoms with van der Waals surface area (Å²) in [6.07, 6.45) is 1.45. The van der Waals surface area contributed by atoms with Crippen molar-refractivity contribution in [2.75, 3.05) is 5.32 Å². The number of para-hydroxylation sites is 2. The van der Waals surface area contributed by atoms with Gasteiger partial charge in [0.25, 0.3) is 5.69 Å². The van der Waals surface area contributed by atoms with E-state index in [2.05, 4.69) is 5.32 Å². The lowest BCUT2D eigenvalue weighted by molar-refractivity contribution is -0.383. The Labute approximate surface area is 160 Å². The summed E-state index contributed by atoms with van der Waals surface area (Å²) in [7, 11) is 0. The third-order valence-electron chi connectivity index (χ3n) is 4.77. The Bertz CT molecular complexity index is 1110. The van der Waals surface area contributed by atoms with Crippen LogP contribution in [0.15, 0.2) is 84.6 Å². The third-order valence-corrected chi connectivity index (χ3v) is 4.77. The highest BCUT2D eigenvalue weighted by atomic mass is 19.1. The number of anilines is 1. The van der Waals surface area contributed by atoms with E-state index in [1.165, 1.54) is 18.3 Å². The molecule has 5 nitrogen and oxygen atoms in total. The van der Waals surface area contributed by atoms with Crippen LogP contribution in [0.5, 0.6) is 0 Å². The molecule has 0 radical (unpaired) electrons. The van der Waals surface area contributed by atoms with Gasteiger partial charge in [0, 0.05) is 23.8 Å². The fourth-order valence-electron chi connectivity index (χ4n) is 3.53. The molecule has 1 atom stereocenters. The van der Waals surface area contributed by atoms with E-state index in [4.69, 9.17) is 0 Å². The number of nitro groups is 1. The first-order chi connectivity index (χ1) is 13.6. The van der Waals surface area contributed by atoms with Gasteiger partial charge in [-0.05, 0) is 23.3 Å². The number of nitro benzene ring substituents is 1. The van der Waals surface area contributed by atoms with Crippen molar-refractivity contribution in [3.05, 3.63) is 117 Å². The van der Waals surface area contributed by atoms with E-state index in [-0.39, 0.29) is 16.9 Å². The minimum Gasteiger partial charge on any atom is -0.356 e. The summed E-state index contributed by atoms with van der Waals surface area (Å²) in [6.45, 7) is 0. The first kappa shape index (κ1) is 17.6. The predicted molar refractivity (Wildman–Crippen MR) is 104 cm³/mol. The number of Topliss-reactive ketones (excluding diaryl/α,β-unsaturated/α-hetero) is 1. The summed E-state index contributed by atoms with van der Waals surface area (Å²) in [4.78, 5) is 23.7. The van der Waals surface area contributed by atoms with Crippen LogP contribution in [0.3, 0.4) is 0 Å². The Hall–Kier alpha value is -3.80. The highest BCUT2D eigenvalue weighted by molar-refractivity contribution is 6.15. The molecule has 0 aromatic heterocycles. The van der Waals surface area contributed by atoms with Gasteiger partial charge in [-0.2, -0.15) is 0 Å². The molecule has 4 rings (SSSR count). The van der Waals surface area contributed by atoms with Gasteiger partial charge in [-0.1, -0.05) is 54.6 Å². The Morgan fingerprint density at radius 1 is 0.964 bits per heavy atom. The van der Waals surface area contributed by atoms with Crippen LogP contribution in [0, 0.1) is 15.9 Å². The summed E-state index contributed by atoms with van der Waals surface area (Å²) < 4.78 is 14.4. The Kier molecular flexibility index (Phi) is 4.45. The molecule has 0 bridgehead atoms. The van der Waals surface area contributed by atoms with Crippen LogP contribution < -0.4 is 5.32 Å². The SMILES string of the molecule is O=C1/C(=C/Nc2ccccc2[N+](=O)[O-])[C@@H](c2ccccc2)c2cccc(F)c21. The summed E-state index contributed by atoms with van der Waals surface area (Å²) in [5.41, 5.74) is 1.97. The number of ketones is 1. The Balaban J connectivity index is 1.81. The highest BCUT2D eigenvalue weighted by Gasteiger charge is 2.37. The number of benzene rings is 3. The molecule has 0 saturated carbocycles. The number of nitrogens with one attached hydrogen (secondary N) is 1. The van der Waals surface area contributed by atoms with E-state index in [1.54, 1.807) is 30.3 Å². The number of allylic oxidation sites excluding steroid dienone is 1. The maximum atomic E-state index is 14.4. The maximum Gasteiger partial charge on any atom is 0.292 e. The normalized spacial score (nSPS) is 16.8. The van der Waals surface area contributed by atoms with Gasteiger partial charge in [-0.25, -0.2) is 4.39 Å². The number of hydrogen-bond donors (Lipinski definition) is 1. The maximum absolute atomic E-state index is 14.4. The fraction of sp³-hybridized carbons (Fsp3) is 0.0455. The predicted octanol–water partition coefficient (Wildman–Crippen LogP) is 5.06. The van der Waals surface area contributed by atoms with Crippen molar-refractivity contribution >= 4 is 17.2 Å². The molecule has 1 N–H and O–H groups in total. The van der Waals surface area contributed by atoms with E-state index in [1.807, 2.05) is 30.3 Å². The number of rotatable bonds is 4. The molecular formula is C22H15FN2O3. The molecule has 0 aliphatic heterocycles. The van der Waals surface area contributed by atoms with Crippen molar-refractivity contribution in [3.8, 4) is 0 Å². The molecule has 6 heteroatoms. The zero-order chi connectivity index (χ0) is 19.7. The highest BCUT2D eigenvalue weighted by Crippen LogP contribution is 2.43. The topological polar surface area (TPSA) is 72.2 Å². The van der Waals surface area contributed by atoms with E-state index in [9.17, 15) is 19.3 Å². The van der Waals surface area contributed by atoms with Gasteiger partial charge in [0.2, 0.25) is 0 Å². The van der Waals surface area contributed by atoms with Crippen LogP contribution >= 0.6 is 0 Å². The van der Waals surface area contributed by atoms with Crippen molar-refractivity contribution < 1.29 is 14.1 Å². The van der Waals surface area contributed by atoms with E-state index < -0.39 is 22.4 Å². The van der Waals surface area contributed by atoms with Crippen LogP contribution in [0.2, 0.25) is 0 Å². The quantitative estimate of drug-likeness (QED) is 0.394. The molecule has 0 heterocycles. The van der Waals surface area contributed by atoms with Crippen molar-refractivity contribution in [3.63, 3.8) is 0 Å². The average molecular weight is 374 g/mol. The van der Waals surface area contributed by atoms with Crippen LogP contribution in [0.25, 0.3) is 0 Å². The minimum atomic E-state index is -0.572. The second-order valence-corrected chi connectivity index (χ2v) is 6.40. The lowest BCUT2D eigenvalue weighted by Crippen LogP contribution is -2.06. The number of carbonyl (C=O) groups is 1. The molecule has 0 spiro atoms. The minimum absolute atomic E-state index is 0.0481. The van der Waals surface area contributed by atoms with Crippen molar-refractivity contribution in [1.82, 2.24) is 0 Å². The van der Waals surface area contributed by atoms with Gasteiger partial charge in [0.15, 0.2) is 5.78 Å². The van der Waals surface area contributed by atoms with Crippen molar-refractivity contribution in [2.24, 2.45) is 0 Å². The smallest absolute Gasteiger partial charge is 0.292 e. The lowest BCUT2D eigenvalue weighted by Gasteiger charge is -2.14. The molecule has 0 unspecified atom stereocenters. The summed E-state index contributed by atoms with van der Waals surface area (Å²) in [5.74, 6) is -1.44. The number of carbonyl (C=O) groups excluding carboxylic acids is 1. The van der Waals surface area contributed by atoms with Crippen molar-refractivity contribution in [1.29, 1.82) is 0 Å². The molecule has 0 fully saturated rings. The number of nitrogens with zero attached hydrogens (tertiary/aromatic N) is 1. The third kappa shape index (κ3) is 2.95. The number of halogens is 1. The molecule has 1 aliphatic rings. The number of fused-ring (bicyclic) bond motifs is 1. The summed E-state index contributed by atoms with van der Waals surface area (Å²) in [5, 5.41) is 14.1. The van der Waals surface area contributed by atoms with Gasteiger partial charge >= 0.3 is 0 Å². The summed E-state index contributed by atoms with van der Waals surface area (Å²) in [6, 6.07) is 20.0. The van der Waals surface area contributed by atoms with Gasteiger partial charge in [-0.15, -0.1) is 0 Å². The molecular weight excluding hydrogens is 359 g/mol. The van der Waals surface area contributed by atoms with Crippen LogP contribution in [-0.4, -0.2) is 10.7 Å². The standard InChI is InChI=1S/C22H15FN2O3/c23-17-10-6-9-15-20(14-7-2-1-3-8-14)16(22(26)21(15)17)13-24-18-11-4-5-12-19(18)25(27)28/h1-13,20,24H/b16-13+/t20-/m0/s1. The molecule has 3 aromatic carbocycles. The monoisotopic (exact) mass is 374 g/mol. The van der Waals surface area contributed by atoms with Gasteiger partial charge < -0.3 is 5.32 Å². The van der Waals surface area contributed by atoms with Gasteiger partial charge in [0.05, 0.1) is 10.5 Å². The molecule has 0 amide bonds. The first-order valence-corrected chi connectivity index (χ1v) is 8.66. The first-order valence-electron chi connectivity index (χ1n) is 8.66. The Morgan fingerprint density at radius 3 is 2.43 bits per heavy atom. The van der Waals surface area contributed by atoms with E-state index >= 15 is 0 Å². The number of hydrogen-bond acceptors (Lipinski definition) is 4. The van der Waals surface area contributed by atoms with E-state index in [0.717, 1.165) is 5.56 Å². The molecule has 28 heavy (non-hydrogen) atoms. The second kappa shape index (κ2) is 7.08. The van der Waals surface area contributed by atoms with Crippen LogP contribution in [0.1, 0.15) is 27.4 Å². The Morgan fingerprint density at radius 2 is 1.68 bits per heavy atom. The zero-order valence-electron chi connectivity index (χ0n) is 14.6. The van der Waals surface area contributed by atoms with Gasteiger partial charge in [-0.3, -0.25) is 14.9 Å². The largest absolute Gasteiger partial charge is 0.356 e. The van der Waals surface area contributed by atoms with E-state index in [0.29, 0.717) is 11.1 Å². The van der Waals surface area contributed by atoms with Crippen molar-refractivity contribution in [2.45, 2.75) is 5.92 Å². The fourth-order valence-corrected chi connectivity index (χ4v) is 3.53. The molecule has 3 aromatic rings. The summed E-state index contributed by atoms with van der Waals surface area (Å²) >= 11 is 0. The zero-order valence-corrected chi connectivity index (χ0v) is 14.6. The van der Waals surface area contributed by atoms with Crippen LogP contribution in [-0.2, 0) is 0 Å². The average Bonchev–Trinajstić information content (AvgIpc) is 3.00. The lowest BCUT2D eigenvalue weighted by atomic mass is 9.90.